The summed E-state index contributed by atoms with van der Waals surface area (Å²) in [5.41, 5.74) is 7.39. The topological polar surface area (TPSA) is 102 Å². The number of nitrogens with zero attached hydrogens (tertiary/aromatic N) is 3. The Kier molecular flexibility index (Phi) is 3.02. The molecule has 0 fully saturated rings. The van der Waals surface area contributed by atoms with E-state index in [1.165, 1.54) is 10.6 Å². The van der Waals surface area contributed by atoms with Gasteiger partial charge in [0.15, 0.2) is 5.82 Å². The standard InChI is InChI=1S/C13H13N5O2S/c1-9-5-6-10(8-15-9)17-21(19,20)13-12(14)16-11-4-2-3-7-18(11)13/h2-8,17H,14H2,1H3. The first-order valence-corrected chi connectivity index (χ1v) is 7.64. The van der Waals surface area contributed by atoms with Gasteiger partial charge in [-0.3, -0.25) is 14.1 Å². The molecule has 3 heterocycles. The molecule has 0 aromatic carbocycles. The van der Waals surface area contributed by atoms with Crippen molar-refractivity contribution >= 4 is 27.2 Å². The summed E-state index contributed by atoms with van der Waals surface area (Å²) in [4.78, 5) is 8.09. The number of hydrogen-bond donors (Lipinski definition) is 2. The Balaban J connectivity index is 2.08. The highest BCUT2D eigenvalue weighted by Crippen LogP contribution is 2.22. The van der Waals surface area contributed by atoms with Crippen LogP contribution in [0.5, 0.6) is 0 Å². The predicted molar refractivity (Wildman–Crippen MR) is 79.4 cm³/mol. The van der Waals surface area contributed by atoms with Crippen molar-refractivity contribution in [2.45, 2.75) is 11.9 Å². The van der Waals surface area contributed by atoms with Gasteiger partial charge in [0.05, 0.1) is 11.9 Å². The van der Waals surface area contributed by atoms with E-state index in [1.54, 1.807) is 36.5 Å². The highest BCUT2D eigenvalue weighted by Gasteiger charge is 2.23. The minimum Gasteiger partial charge on any atom is -0.381 e. The molecule has 3 aromatic heterocycles. The molecule has 8 heteroatoms. The molecule has 7 nitrogen and oxygen atoms in total. The number of fused-ring (bicyclic) bond motifs is 1. The van der Waals surface area contributed by atoms with Gasteiger partial charge >= 0.3 is 0 Å². The van der Waals surface area contributed by atoms with E-state index in [1.807, 2.05) is 6.92 Å². The Hall–Kier alpha value is -2.61. The van der Waals surface area contributed by atoms with E-state index in [2.05, 4.69) is 14.7 Å². The number of nitrogens with two attached hydrogens (primary N) is 1. The molecule has 0 saturated heterocycles. The van der Waals surface area contributed by atoms with Gasteiger partial charge in [-0.1, -0.05) is 6.07 Å². The molecular formula is C13H13N5O2S. The molecule has 0 atom stereocenters. The normalized spacial score (nSPS) is 11.7. The van der Waals surface area contributed by atoms with Gasteiger partial charge in [0.1, 0.15) is 5.65 Å². The lowest BCUT2D eigenvalue weighted by molar-refractivity contribution is 0.597. The summed E-state index contributed by atoms with van der Waals surface area (Å²) in [6, 6.07) is 8.51. The lowest BCUT2D eigenvalue weighted by Gasteiger charge is -2.08. The third-order valence-corrected chi connectivity index (χ3v) is 4.35. The zero-order valence-corrected chi connectivity index (χ0v) is 12.0. The second-order valence-corrected chi connectivity index (χ2v) is 6.12. The van der Waals surface area contributed by atoms with Gasteiger partial charge in [0.2, 0.25) is 5.03 Å². The summed E-state index contributed by atoms with van der Waals surface area (Å²) in [5.74, 6) is -0.0474. The van der Waals surface area contributed by atoms with Gasteiger partial charge in [0.25, 0.3) is 10.0 Å². The fourth-order valence-electron chi connectivity index (χ4n) is 1.99. The van der Waals surface area contributed by atoms with Crippen LogP contribution in [0.3, 0.4) is 0 Å². The number of aromatic nitrogens is 3. The lowest BCUT2D eigenvalue weighted by atomic mass is 10.4. The fraction of sp³-hybridized carbons (Fsp3) is 0.0769. The zero-order valence-electron chi connectivity index (χ0n) is 11.2. The minimum atomic E-state index is -3.85. The Labute approximate surface area is 121 Å². The van der Waals surface area contributed by atoms with Gasteiger partial charge in [0, 0.05) is 11.9 Å². The van der Waals surface area contributed by atoms with Crippen molar-refractivity contribution in [2.75, 3.05) is 10.5 Å². The average molecular weight is 303 g/mol. The molecule has 0 aliphatic heterocycles. The molecular weight excluding hydrogens is 290 g/mol. The largest absolute Gasteiger partial charge is 0.381 e. The first kappa shape index (κ1) is 13.4. The van der Waals surface area contributed by atoms with Crippen LogP contribution in [0, 0.1) is 6.92 Å². The summed E-state index contributed by atoms with van der Waals surface area (Å²) in [6.45, 7) is 1.82. The molecule has 3 N–H and O–H groups in total. The maximum absolute atomic E-state index is 12.5. The number of aryl methyl sites for hydroxylation is 1. The third-order valence-electron chi connectivity index (χ3n) is 2.93. The average Bonchev–Trinajstić information content (AvgIpc) is 2.77. The first-order chi connectivity index (χ1) is 9.97. The van der Waals surface area contributed by atoms with Crippen LogP contribution in [0.25, 0.3) is 5.65 Å². The predicted octanol–water partition coefficient (Wildman–Crippen LogP) is 1.42. The van der Waals surface area contributed by atoms with Gasteiger partial charge in [-0.25, -0.2) is 4.98 Å². The first-order valence-electron chi connectivity index (χ1n) is 6.15. The molecule has 3 rings (SSSR count). The molecule has 0 aliphatic carbocycles. The Bertz CT molecular complexity index is 900. The van der Waals surface area contributed by atoms with Crippen LogP contribution >= 0.6 is 0 Å². The monoisotopic (exact) mass is 303 g/mol. The summed E-state index contributed by atoms with van der Waals surface area (Å²) in [6.07, 6.45) is 3.05. The molecule has 0 aliphatic rings. The van der Waals surface area contributed by atoms with Crippen molar-refractivity contribution in [3.8, 4) is 0 Å². The molecule has 0 spiro atoms. The van der Waals surface area contributed by atoms with Crippen LogP contribution in [-0.2, 0) is 10.0 Å². The van der Waals surface area contributed by atoms with Crippen molar-refractivity contribution in [2.24, 2.45) is 0 Å². The van der Waals surface area contributed by atoms with Crippen LogP contribution in [0.4, 0.5) is 11.5 Å². The molecule has 0 amide bonds. The van der Waals surface area contributed by atoms with E-state index in [-0.39, 0.29) is 10.8 Å². The maximum atomic E-state index is 12.5. The Morgan fingerprint density at radius 3 is 2.76 bits per heavy atom. The number of sulfonamides is 1. The van der Waals surface area contributed by atoms with E-state index < -0.39 is 10.0 Å². The number of imidazole rings is 1. The van der Waals surface area contributed by atoms with E-state index in [0.717, 1.165) is 5.69 Å². The lowest BCUT2D eigenvalue weighted by Crippen LogP contribution is -2.16. The van der Waals surface area contributed by atoms with Gasteiger partial charge in [-0.05, 0) is 31.2 Å². The second kappa shape index (κ2) is 4.74. The van der Waals surface area contributed by atoms with Crippen molar-refractivity contribution < 1.29 is 8.42 Å². The van der Waals surface area contributed by atoms with E-state index in [0.29, 0.717) is 11.3 Å². The summed E-state index contributed by atoms with van der Waals surface area (Å²) in [5, 5.41) is -0.0846. The van der Waals surface area contributed by atoms with E-state index in [9.17, 15) is 8.42 Å². The van der Waals surface area contributed by atoms with Crippen LogP contribution in [0.15, 0.2) is 47.8 Å². The van der Waals surface area contributed by atoms with Crippen LogP contribution < -0.4 is 10.5 Å². The van der Waals surface area contributed by atoms with E-state index >= 15 is 0 Å². The van der Waals surface area contributed by atoms with E-state index in [4.69, 9.17) is 5.73 Å². The molecule has 0 saturated carbocycles. The summed E-state index contributed by atoms with van der Waals surface area (Å²) < 4.78 is 28.9. The van der Waals surface area contributed by atoms with Gasteiger partial charge < -0.3 is 5.73 Å². The van der Waals surface area contributed by atoms with Gasteiger partial charge in [-0.2, -0.15) is 8.42 Å². The van der Waals surface area contributed by atoms with Crippen LogP contribution in [0.2, 0.25) is 0 Å². The third kappa shape index (κ3) is 2.40. The minimum absolute atomic E-state index is 0.0474. The Morgan fingerprint density at radius 1 is 1.24 bits per heavy atom. The molecule has 0 bridgehead atoms. The molecule has 0 unspecified atom stereocenters. The van der Waals surface area contributed by atoms with Gasteiger partial charge in [-0.15, -0.1) is 0 Å². The van der Waals surface area contributed by atoms with Crippen LogP contribution in [0.1, 0.15) is 5.69 Å². The number of nitrogens with one attached hydrogen (secondary N) is 1. The zero-order chi connectivity index (χ0) is 15.0. The van der Waals surface area contributed by atoms with Crippen molar-refractivity contribution in [3.05, 3.63) is 48.4 Å². The highest BCUT2D eigenvalue weighted by atomic mass is 32.2. The SMILES string of the molecule is Cc1ccc(NS(=O)(=O)c2c(N)nc3ccccn23)cn1. The number of hydrogen-bond acceptors (Lipinski definition) is 5. The number of anilines is 2. The van der Waals surface area contributed by atoms with Crippen molar-refractivity contribution in [1.82, 2.24) is 14.4 Å². The number of rotatable bonds is 3. The molecule has 108 valence electrons. The maximum Gasteiger partial charge on any atom is 0.281 e. The second-order valence-electron chi connectivity index (χ2n) is 4.52. The quantitative estimate of drug-likeness (QED) is 0.762. The number of nitrogen functional groups attached to an aromatic ring is 1. The fourth-order valence-corrected chi connectivity index (χ4v) is 3.25. The van der Waals surface area contributed by atoms with Crippen LogP contribution in [-0.4, -0.2) is 22.8 Å². The molecule has 0 radical (unpaired) electrons. The summed E-state index contributed by atoms with van der Waals surface area (Å²) in [7, 11) is -3.85. The van der Waals surface area contributed by atoms with Crippen molar-refractivity contribution in [3.63, 3.8) is 0 Å². The number of pyridine rings is 2. The smallest absolute Gasteiger partial charge is 0.281 e. The molecule has 3 aromatic rings. The van der Waals surface area contributed by atoms with Crippen molar-refractivity contribution in [1.29, 1.82) is 0 Å². The summed E-state index contributed by atoms with van der Waals surface area (Å²) >= 11 is 0. The molecule has 21 heavy (non-hydrogen) atoms. The Morgan fingerprint density at radius 2 is 2.05 bits per heavy atom. The highest BCUT2D eigenvalue weighted by molar-refractivity contribution is 7.92.